The van der Waals surface area contributed by atoms with Gasteiger partial charge in [-0.15, -0.1) is 0 Å². The van der Waals surface area contributed by atoms with Gasteiger partial charge >= 0.3 is 0 Å². The van der Waals surface area contributed by atoms with Crippen LogP contribution in [0, 0.1) is 11.8 Å². The van der Waals surface area contributed by atoms with Crippen LogP contribution in [-0.2, 0) is 13.9 Å². The third-order valence-corrected chi connectivity index (χ3v) is 13.7. The van der Waals surface area contributed by atoms with Crippen molar-refractivity contribution in [1.82, 2.24) is 0 Å². The van der Waals surface area contributed by atoms with E-state index in [1.807, 2.05) is 0 Å². The van der Waals surface area contributed by atoms with E-state index in [1.165, 1.54) is 0 Å². The zero-order chi connectivity index (χ0) is 19.0. The van der Waals surface area contributed by atoms with Crippen LogP contribution in [-0.4, -0.2) is 48.0 Å². The quantitative estimate of drug-likeness (QED) is 0.593. The van der Waals surface area contributed by atoms with E-state index >= 15 is 0 Å². The molecule has 26 heavy (non-hydrogen) atoms. The first kappa shape index (κ1) is 18.1. The minimum Gasteiger partial charge on any atom is -0.411 e. The highest BCUT2D eigenvalue weighted by Crippen LogP contribution is 2.76. The van der Waals surface area contributed by atoms with Crippen molar-refractivity contribution in [2.45, 2.75) is 119 Å². The van der Waals surface area contributed by atoms with Crippen molar-refractivity contribution in [3.05, 3.63) is 0 Å². The number of ether oxygens (including phenoxy) is 2. The minimum absolute atomic E-state index is 0.0644. The van der Waals surface area contributed by atoms with E-state index in [1.54, 1.807) is 0 Å². The summed E-state index contributed by atoms with van der Waals surface area (Å²) >= 11 is 0. The maximum absolute atomic E-state index is 11.6. The van der Waals surface area contributed by atoms with Gasteiger partial charge in [0.05, 0.1) is 17.3 Å². The number of epoxide rings is 1. The van der Waals surface area contributed by atoms with E-state index in [0.717, 1.165) is 32.1 Å². The fourth-order valence-electron chi connectivity index (χ4n) is 6.49. The van der Waals surface area contributed by atoms with Crippen LogP contribution in [0.15, 0.2) is 0 Å². The van der Waals surface area contributed by atoms with Gasteiger partial charge in [-0.3, -0.25) is 0 Å². The lowest BCUT2D eigenvalue weighted by Gasteiger charge is -2.51. The molecule has 5 heteroatoms. The molecule has 4 nitrogen and oxygen atoms in total. The molecule has 5 aliphatic rings. The predicted molar refractivity (Wildman–Crippen MR) is 103 cm³/mol. The van der Waals surface area contributed by atoms with Crippen LogP contribution in [0.5, 0.6) is 0 Å². The zero-order valence-corrected chi connectivity index (χ0v) is 18.5. The van der Waals surface area contributed by atoms with Gasteiger partial charge in [0.2, 0.25) is 0 Å². The van der Waals surface area contributed by atoms with Gasteiger partial charge in [0.1, 0.15) is 17.3 Å². The Hall–Kier alpha value is 0.0569. The van der Waals surface area contributed by atoms with Crippen molar-refractivity contribution in [3.63, 3.8) is 0 Å². The molecule has 0 aromatic rings. The Morgan fingerprint density at radius 3 is 2.27 bits per heavy atom. The van der Waals surface area contributed by atoms with Gasteiger partial charge in [0, 0.05) is 12.3 Å². The maximum atomic E-state index is 11.6. The summed E-state index contributed by atoms with van der Waals surface area (Å²) in [5, 5.41) is 11.8. The van der Waals surface area contributed by atoms with Crippen molar-refractivity contribution < 1.29 is 19.0 Å². The van der Waals surface area contributed by atoms with Crippen molar-refractivity contribution >= 4 is 8.32 Å². The number of aliphatic hydroxyl groups excluding tert-OH is 1. The molecule has 3 heterocycles. The largest absolute Gasteiger partial charge is 0.411 e. The molecule has 0 radical (unpaired) electrons. The zero-order valence-electron chi connectivity index (χ0n) is 17.5. The van der Waals surface area contributed by atoms with Gasteiger partial charge in [-0.2, -0.15) is 0 Å². The number of fused-ring (bicyclic) bond motifs is 3. The van der Waals surface area contributed by atoms with Crippen LogP contribution in [0.1, 0.15) is 66.7 Å². The van der Waals surface area contributed by atoms with E-state index in [-0.39, 0.29) is 28.3 Å². The summed E-state index contributed by atoms with van der Waals surface area (Å²) in [6, 6.07) is 0. The Labute approximate surface area is 159 Å². The summed E-state index contributed by atoms with van der Waals surface area (Å²) in [5.41, 5.74) is -1.35. The van der Waals surface area contributed by atoms with Gasteiger partial charge in [0.15, 0.2) is 8.32 Å². The fraction of sp³-hybridized carbons (Fsp3) is 1.00. The van der Waals surface area contributed by atoms with Crippen LogP contribution < -0.4 is 0 Å². The Bertz CT molecular complexity index is 655. The molecule has 5 rings (SSSR count). The maximum Gasteiger partial charge on any atom is 0.192 e. The highest BCUT2D eigenvalue weighted by Gasteiger charge is 2.89. The Kier molecular flexibility index (Phi) is 3.21. The molecule has 148 valence electrons. The highest BCUT2D eigenvalue weighted by atomic mass is 28.4. The first-order valence-corrected chi connectivity index (χ1v) is 13.5. The van der Waals surface area contributed by atoms with E-state index in [2.05, 4.69) is 47.7 Å². The second-order valence-electron chi connectivity index (χ2n) is 11.7. The molecule has 1 spiro atoms. The van der Waals surface area contributed by atoms with E-state index in [0.29, 0.717) is 5.92 Å². The van der Waals surface area contributed by atoms with Crippen LogP contribution in [0.25, 0.3) is 0 Å². The lowest BCUT2D eigenvalue weighted by Crippen LogP contribution is -2.65. The highest BCUT2D eigenvalue weighted by molar-refractivity contribution is 6.74. The number of hydrogen-bond donors (Lipinski definition) is 1. The lowest BCUT2D eigenvalue weighted by atomic mass is 9.70. The standard InChI is InChI=1S/C21H36O4Si/c1-17(2,3)26(6,7)23-15-12-20(13-8-9-13)16(22)21-14(19(15,5)25-20)10-11-18(21,4)24-21/h13-16,22H,8-12H2,1-7H3/t14-,15-,16-,18?,19+,20-,21+/m1/s1. The minimum atomic E-state index is -1.92. The first-order chi connectivity index (χ1) is 11.8. The van der Waals surface area contributed by atoms with Crippen LogP contribution >= 0.6 is 0 Å². The van der Waals surface area contributed by atoms with Crippen LogP contribution in [0.2, 0.25) is 18.1 Å². The van der Waals surface area contributed by atoms with Gasteiger partial charge in [-0.05, 0) is 63.6 Å². The molecular weight excluding hydrogens is 344 g/mol. The second-order valence-corrected chi connectivity index (χ2v) is 16.5. The summed E-state index contributed by atoms with van der Waals surface area (Å²) in [7, 11) is -1.92. The molecule has 0 aromatic heterocycles. The van der Waals surface area contributed by atoms with Crippen LogP contribution in [0.3, 0.4) is 0 Å². The van der Waals surface area contributed by atoms with Crippen molar-refractivity contribution in [1.29, 1.82) is 0 Å². The smallest absolute Gasteiger partial charge is 0.192 e. The van der Waals surface area contributed by atoms with Gasteiger partial charge in [-0.1, -0.05) is 20.8 Å². The Morgan fingerprint density at radius 1 is 1.08 bits per heavy atom. The molecule has 7 atom stereocenters. The molecule has 0 amide bonds. The number of rotatable bonds is 3. The summed E-state index contributed by atoms with van der Waals surface area (Å²) in [6.07, 6.45) is 4.81. The van der Waals surface area contributed by atoms with Gasteiger partial charge < -0.3 is 19.0 Å². The third-order valence-electron chi connectivity index (χ3n) is 9.23. The van der Waals surface area contributed by atoms with E-state index in [4.69, 9.17) is 13.9 Å². The molecule has 2 aliphatic carbocycles. The summed E-state index contributed by atoms with van der Waals surface area (Å²) in [6.45, 7) is 16.0. The summed E-state index contributed by atoms with van der Waals surface area (Å²) < 4.78 is 20.2. The summed E-state index contributed by atoms with van der Waals surface area (Å²) in [5.74, 6) is 0.702. The molecule has 3 saturated heterocycles. The SMILES string of the molecule is CC12CC[C@@H]3[C@]4(C)O[C@@](C5CC5)(C[C@H]4O[Si](C)(C)C(C)(C)C)[C@@H](O)[C@@]31O2. The molecule has 1 unspecified atom stereocenters. The molecule has 0 aromatic carbocycles. The molecular formula is C21H36O4Si. The molecule has 3 aliphatic heterocycles. The summed E-state index contributed by atoms with van der Waals surface area (Å²) in [4.78, 5) is 0. The topological polar surface area (TPSA) is 51.2 Å². The first-order valence-electron chi connectivity index (χ1n) is 10.6. The molecule has 1 N–H and O–H groups in total. The predicted octanol–water partition coefficient (Wildman–Crippen LogP) is 4.02. The van der Waals surface area contributed by atoms with Gasteiger partial charge in [-0.25, -0.2) is 0 Å². The number of hydrogen-bond acceptors (Lipinski definition) is 4. The van der Waals surface area contributed by atoms with Gasteiger partial charge in [0.25, 0.3) is 0 Å². The van der Waals surface area contributed by atoms with Crippen molar-refractivity contribution in [2.75, 3.05) is 0 Å². The second kappa shape index (κ2) is 4.61. The Morgan fingerprint density at radius 2 is 1.73 bits per heavy atom. The number of aliphatic hydroxyl groups is 1. The normalized spacial score (nSPS) is 55.6. The third kappa shape index (κ3) is 1.85. The van der Waals surface area contributed by atoms with E-state index in [9.17, 15) is 5.11 Å². The lowest BCUT2D eigenvalue weighted by molar-refractivity contribution is -0.256. The molecule has 5 fully saturated rings. The van der Waals surface area contributed by atoms with E-state index < -0.39 is 25.6 Å². The average Bonchev–Trinajstić information content (AvgIpc) is 3.39. The van der Waals surface area contributed by atoms with Crippen molar-refractivity contribution in [2.24, 2.45) is 11.8 Å². The average molecular weight is 381 g/mol. The monoisotopic (exact) mass is 380 g/mol. The Balaban J connectivity index is 1.56. The van der Waals surface area contributed by atoms with Crippen LogP contribution in [0.4, 0.5) is 0 Å². The molecule has 2 saturated carbocycles. The molecule has 2 bridgehead atoms. The van der Waals surface area contributed by atoms with Crippen molar-refractivity contribution in [3.8, 4) is 0 Å². The fourth-order valence-corrected chi connectivity index (χ4v) is 7.87.